The summed E-state index contributed by atoms with van der Waals surface area (Å²) >= 11 is 12.5. The first-order valence-corrected chi connectivity index (χ1v) is 13.4. The van der Waals surface area contributed by atoms with Crippen molar-refractivity contribution in [1.82, 2.24) is 5.32 Å². The zero-order valence-electron chi connectivity index (χ0n) is 20.1. The van der Waals surface area contributed by atoms with Gasteiger partial charge in [0.1, 0.15) is 6.54 Å². The van der Waals surface area contributed by atoms with E-state index in [1.54, 1.807) is 42.5 Å². The zero-order valence-corrected chi connectivity index (χ0v) is 22.4. The standard InChI is InChI=1S/C26H27Cl2N3O4S/c1-17(2)15-29-26(33)20-7-4-5-9-22(20)30-24(32)16-31(23-10-6-8-21(27)25(23)28)36(34,35)19-13-11-18(3)12-14-19/h4-14,17H,15-16H2,1-3H3,(H,29,33)(H,30,32). The monoisotopic (exact) mass is 547 g/mol. The Bertz CT molecular complexity index is 1360. The van der Waals surface area contributed by atoms with Crippen molar-refractivity contribution in [2.24, 2.45) is 5.92 Å². The molecule has 0 fully saturated rings. The Morgan fingerprint density at radius 2 is 1.61 bits per heavy atom. The van der Waals surface area contributed by atoms with Gasteiger partial charge in [0.2, 0.25) is 5.91 Å². The molecule has 0 bridgehead atoms. The number of sulfonamides is 1. The minimum absolute atomic E-state index is 0.00360. The first-order chi connectivity index (χ1) is 17.0. The Hall–Kier alpha value is -3.07. The van der Waals surface area contributed by atoms with E-state index in [0.29, 0.717) is 6.54 Å². The minimum Gasteiger partial charge on any atom is -0.352 e. The maximum absolute atomic E-state index is 13.6. The van der Waals surface area contributed by atoms with Gasteiger partial charge in [-0.15, -0.1) is 0 Å². The van der Waals surface area contributed by atoms with Gasteiger partial charge in [0.25, 0.3) is 15.9 Å². The van der Waals surface area contributed by atoms with Gasteiger partial charge in [0, 0.05) is 6.54 Å². The SMILES string of the molecule is Cc1ccc(S(=O)(=O)N(CC(=O)Nc2ccccc2C(=O)NCC(C)C)c2cccc(Cl)c2Cl)cc1. The number of nitrogens with one attached hydrogen (secondary N) is 2. The van der Waals surface area contributed by atoms with Gasteiger partial charge in [0.05, 0.1) is 31.9 Å². The largest absolute Gasteiger partial charge is 0.352 e. The van der Waals surface area contributed by atoms with Crippen LogP contribution in [0.3, 0.4) is 0 Å². The van der Waals surface area contributed by atoms with Gasteiger partial charge >= 0.3 is 0 Å². The predicted molar refractivity (Wildman–Crippen MR) is 144 cm³/mol. The third kappa shape index (κ3) is 6.57. The van der Waals surface area contributed by atoms with Crippen LogP contribution in [0.25, 0.3) is 0 Å². The molecule has 2 N–H and O–H groups in total. The maximum Gasteiger partial charge on any atom is 0.264 e. The van der Waals surface area contributed by atoms with Crippen LogP contribution in [0.5, 0.6) is 0 Å². The summed E-state index contributed by atoms with van der Waals surface area (Å²) in [5.74, 6) is -0.758. The number of anilines is 2. The molecule has 0 atom stereocenters. The topological polar surface area (TPSA) is 95.6 Å². The van der Waals surface area contributed by atoms with Gasteiger partial charge in [0.15, 0.2) is 0 Å². The Morgan fingerprint density at radius 3 is 2.28 bits per heavy atom. The third-order valence-corrected chi connectivity index (χ3v) is 7.80. The van der Waals surface area contributed by atoms with Crippen molar-refractivity contribution in [3.05, 3.63) is 87.9 Å². The summed E-state index contributed by atoms with van der Waals surface area (Å²) in [7, 11) is -4.19. The molecule has 7 nitrogen and oxygen atoms in total. The van der Waals surface area contributed by atoms with Crippen LogP contribution in [0.1, 0.15) is 29.8 Å². The number of amides is 2. The zero-order chi connectivity index (χ0) is 26.5. The van der Waals surface area contributed by atoms with E-state index in [0.717, 1.165) is 9.87 Å². The number of para-hydroxylation sites is 1. The lowest BCUT2D eigenvalue weighted by atomic mass is 10.1. The molecule has 0 spiro atoms. The van der Waals surface area contributed by atoms with Crippen molar-refractivity contribution in [2.45, 2.75) is 25.7 Å². The van der Waals surface area contributed by atoms with E-state index in [4.69, 9.17) is 23.2 Å². The maximum atomic E-state index is 13.6. The molecule has 3 aromatic rings. The van der Waals surface area contributed by atoms with Crippen molar-refractivity contribution < 1.29 is 18.0 Å². The molecular formula is C26H27Cl2N3O4S. The fourth-order valence-corrected chi connectivity index (χ4v) is 5.20. The summed E-state index contributed by atoms with van der Waals surface area (Å²) in [4.78, 5) is 25.8. The summed E-state index contributed by atoms with van der Waals surface area (Å²) in [6.07, 6.45) is 0. The number of aryl methyl sites for hydroxylation is 1. The minimum atomic E-state index is -4.19. The molecule has 0 aliphatic rings. The van der Waals surface area contributed by atoms with E-state index < -0.39 is 22.5 Å². The van der Waals surface area contributed by atoms with Gasteiger partial charge in [-0.1, -0.05) is 72.9 Å². The second-order valence-electron chi connectivity index (χ2n) is 8.60. The second kappa shape index (κ2) is 11.8. The number of benzene rings is 3. The lowest BCUT2D eigenvalue weighted by molar-refractivity contribution is -0.114. The molecule has 0 saturated carbocycles. The van der Waals surface area contributed by atoms with Crippen LogP contribution in [0.4, 0.5) is 11.4 Å². The van der Waals surface area contributed by atoms with E-state index in [1.165, 1.54) is 24.3 Å². The molecule has 0 aliphatic carbocycles. The fraction of sp³-hybridized carbons (Fsp3) is 0.231. The smallest absolute Gasteiger partial charge is 0.264 e. The van der Waals surface area contributed by atoms with Crippen LogP contribution in [-0.4, -0.2) is 33.3 Å². The Labute approximate surface area is 221 Å². The number of nitrogens with zero attached hydrogens (tertiary/aromatic N) is 1. The van der Waals surface area contributed by atoms with E-state index in [2.05, 4.69) is 10.6 Å². The first kappa shape index (κ1) is 27.5. The highest BCUT2D eigenvalue weighted by molar-refractivity contribution is 7.92. The molecule has 0 saturated heterocycles. The van der Waals surface area contributed by atoms with Gasteiger partial charge in [-0.3, -0.25) is 13.9 Å². The van der Waals surface area contributed by atoms with Crippen LogP contribution in [-0.2, 0) is 14.8 Å². The molecule has 36 heavy (non-hydrogen) atoms. The summed E-state index contributed by atoms with van der Waals surface area (Å²) < 4.78 is 28.1. The van der Waals surface area contributed by atoms with E-state index in [9.17, 15) is 18.0 Å². The van der Waals surface area contributed by atoms with Crippen LogP contribution in [0.15, 0.2) is 71.6 Å². The van der Waals surface area contributed by atoms with Crippen molar-refractivity contribution in [2.75, 3.05) is 22.7 Å². The quantitative estimate of drug-likeness (QED) is 0.368. The lowest BCUT2D eigenvalue weighted by Gasteiger charge is -2.25. The van der Waals surface area contributed by atoms with E-state index in [-0.39, 0.29) is 43.7 Å². The number of rotatable bonds is 9. The highest BCUT2D eigenvalue weighted by Crippen LogP contribution is 2.35. The first-order valence-electron chi connectivity index (χ1n) is 11.2. The molecule has 0 aliphatic heterocycles. The van der Waals surface area contributed by atoms with Crippen molar-refractivity contribution in [1.29, 1.82) is 0 Å². The number of halogens is 2. The molecule has 3 aromatic carbocycles. The van der Waals surface area contributed by atoms with Crippen molar-refractivity contribution >= 4 is 56.4 Å². The molecule has 0 radical (unpaired) electrons. The fourth-order valence-electron chi connectivity index (χ4n) is 3.32. The third-order valence-electron chi connectivity index (χ3n) is 5.21. The molecule has 10 heteroatoms. The van der Waals surface area contributed by atoms with Crippen LogP contribution < -0.4 is 14.9 Å². The average Bonchev–Trinajstić information content (AvgIpc) is 2.83. The molecule has 0 heterocycles. The predicted octanol–water partition coefficient (Wildman–Crippen LogP) is 5.52. The second-order valence-corrected chi connectivity index (χ2v) is 11.2. The molecule has 2 amide bonds. The van der Waals surface area contributed by atoms with E-state index >= 15 is 0 Å². The number of hydrogen-bond donors (Lipinski definition) is 2. The van der Waals surface area contributed by atoms with Gasteiger partial charge in [-0.25, -0.2) is 8.42 Å². The highest BCUT2D eigenvalue weighted by atomic mass is 35.5. The normalized spacial score (nSPS) is 11.3. The van der Waals surface area contributed by atoms with Gasteiger partial charge < -0.3 is 10.6 Å². The average molecular weight is 548 g/mol. The highest BCUT2D eigenvalue weighted by Gasteiger charge is 2.29. The number of carbonyl (C=O) groups excluding carboxylic acids is 2. The summed E-state index contributed by atoms with van der Waals surface area (Å²) in [5.41, 5.74) is 1.46. The Balaban J connectivity index is 1.95. The Morgan fingerprint density at radius 1 is 0.944 bits per heavy atom. The molecule has 3 rings (SSSR count). The van der Waals surface area contributed by atoms with Crippen LogP contribution in [0.2, 0.25) is 10.0 Å². The van der Waals surface area contributed by atoms with E-state index in [1.807, 2.05) is 20.8 Å². The van der Waals surface area contributed by atoms with Crippen LogP contribution >= 0.6 is 23.2 Å². The number of carbonyl (C=O) groups is 2. The Kier molecular flexibility index (Phi) is 9.00. The summed E-state index contributed by atoms with van der Waals surface area (Å²) in [5, 5.41) is 5.62. The van der Waals surface area contributed by atoms with Crippen molar-refractivity contribution in [3.63, 3.8) is 0 Å². The molecule has 0 unspecified atom stereocenters. The number of hydrogen-bond acceptors (Lipinski definition) is 4. The lowest BCUT2D eigenvalue weighted by Crippen LogP contribution is -2.38. The molecule has 190 valence electrons. The molecule has 0 aromatic heterocycles. The van der Waals surface area contributed by atoms with Crippen LogP contribution in [0, 0.1) is 12.8 Å². The summed E-state index contributed by atoms with van der Waals surface area (Å²) in [6, 6.07) is 17.3. The summed E-state index contributed by atoms with van der Waals surface area (Å²) in [6.45, 7) is 5.65. The molecular weight excluding hydrogens is 521 g/mol. The van der Waals surface area contributed by atoms with Gasteiger partial charge in [-0.2, -0.15) is 0 Å². The van der Waals surface area contributed by atoms with Gasteiger partial charge in [-0.05, 0) is 49.2 Å². The van der Waals surface area contributed by atoms with Crippen molar-refractivity contribution in [3.8, 4) is 0 Å².